The van der Waals surface area contributed by atoms with Gasteiger partial charge in [-0.2, -0.15) is 0 Å². The Labute approximate surface area is 181 Å². The number of anilines is 1. The van der Waals surface area contributed by atoms with Gasteiger partial charge < -0.3 is 15.1 Å². The molecule has 8 nitrogen and oxygen atoms in total. The van der Waals surface area contributed by atoms with Crippen molar-refractivity contribution in [2.24, 2.45) is 5.92 Å². The van der Waals surface area contributed by atoms with Crippen LogP contribution in [0.3, 0.4) is 0 Å². The lowest BCUT2D eigenvalue weighted by molar-refractivity contribution is -0.133. The van der Waals surface area contributed by atoms with Gasteiger partial charge in [0.25, 0.3) is 5.91 Å². The largest absolute Gasteiger partial charge is 0.352 e. The number of nitrogens with zero attached hydrogens (tertiary/aromatic N) is 3. The summed E-state index contributed by atoms with van der Waals surface area (Å²) < 4.78 is 0. The Morgan fingerprint density at radius 3 is 2.52 bits per heavy atom. The number of carbonyl (C=O) groups is 4. The lowest BCUT2D eigenvalue weighted by Gasteiger charge is -2.48. The summed E-state index contributed by atoms with van der Waals surface area (Å²) in [5.74, 6) is 0.00282. The lowest BCUT2D eigenvalue weighted by Crippen LogP contribution is -2.64. The number of carbonyl (C=O) groups excluding carboxylic acids is 4. The molecular weight excluding hydrogens is 396 g/mol. The van der Waals surface area contributed by atoms with E-state index in [1.165, 1.54) is 0 Å². The first kappa shape index (κ1) is 20.0. The van der Waals surface area contributed by atoms with E-state index < -0.39 is 5.66 Å². The molecule has 164 valence electrons. The lowest BCUT2D eigenvalue weighted by atomic mass is 9.98. The van der Waals surface area contributed by atoms with E-state index in [-0.39, 0.29) is 42.1 Å². The standard InChI is InChI=1S/C23H28N4O4/c1-23-11-8-20(29)27(23)18-5-3-2-4-17(18)22(31)26(23)14-19(28)24-16-9-12-25(13-10-16)21(30)15-6-7-15/h2-5,15-16H,6-14H2,1H3,(H,24,28). The Morgan fingerprint density at radius 2 is 1.81 bits per heavy atom. The summed E-state index contributed by atoms with van der Waals surface area (Å²) in [6.07, 6.45) is 4.30. The van der Waals surface area contributed by atoms with E-state index in [2.05, 4.69) is 5.32 Å². The van der Waals surface area contributed by atoms with Crippen LogP contribution in [0.15, 0.2) is 24.3 Å². The van der Waals surface area contributed by atoms with Gasteiger partial charge in [0.2, 0.25) is 17.7 Å². The summed E-state index contributed by atoms with van der Waals surface area (Å²) in [7, 11) is 0. The van der Waals surface area contributed by atoms with Crippen molar-refractivity contribution in [2.45, 2.75) is 57.2 Å². The molecule has 3 aliphatic heterocycles. The van der Waals surface area contributed by atoms with E-state index >= 15 is 0 Å². The molecule has 8 heteroatoms. The van der Waals surface area contributed by atoms with Crippen LogP contribution in [-0.4, -0.2) is 64.8 Å². The highest BCUT2D eigenvalue weighted by molar-refractivity contribution is 6.11. The van der Waals surface area contributed by atoms with E-state index in [0.717, 1.165) is 25.7 Å². The summed E-state index contributed by atoms with van der Waals surface area (Å²) in [6.45, 7) is 3.10. The minimum atomic E-state index is -0.833. The second kappa shape index (κ2) is 7.35. The molecule has 1 aromatic rings. The summed E-state index contributed by atoms with van der Waals surface area (Å²) in [6, 6.07) is 7.09. The molecule has 1 saturated carbocycles. The van der Waals surface area contributed by atoms with Gasteiger partial charge >= 0.3 is 0 Å². The number of likely N-dealkylation sites (tertiary alicyclic amines) is 1. The first-order valence-corrected chi connectivity index (χ1v) is 11.2. The van der Waals surface area contributed by atoms with E-state index in [9.17, 15) is 19.2 Å². The molecule has 3 heterocycles. The van der Waals surface area contributed by atoms with Crippen molar-refractivity contribution in [2.75, 3.05) is 24.5 Å². The summed E-state index contributed by atoms with van der Waals surface area (Å²) in [4.78, 5) is 56.1. The molecule has 1 atom stereocenters. The highest BCUT2D eigenvalue weighted by atomic mass is 16.2. The molecular formula is C23H28N4O4. The zero-order valence-corrected chi connectivity index (χ0v) is 17.8. The number of fused-ring (bicyclic) bond motifs is 3. The average molecular weight is 425 g/mol. The summed E-state index contributed by atoms with van der Waals surface area (Å²) in [5.41, 5.74) is 0.247. The Hall–Kier alpha value is -2.90. The van der Waals surface area contributed by atoms with Gasteiger partial charge in [-0.1, -0.05) is 12.1 Å². The maximum Gasteiger partial charge on any atom is 0.258 e. The first-order chi connectivity index (χ1) is 14.9. The van der Waals surface area contributed by atoms with Crippen LogP contribution in [0.5, 0.6) is 0 Å². The van der Waals surface area contributed by atoms with Crippen LogP contribution in [0, 0.1) is 5.92 Å². The van der Waals surface area contributed by atoms with E-state index in [1.807, 2.05) is 17.9 Å². The molecule has 0 bridgehead atoms. The fraction of sp³-hybridized carbons (Fsp3) is 0.565. The molecule has 1 aliphatic carbocycles. The van der Waals surface area contributed by atoms with Gasteiger partial charge in [-0.25, -0.2) is 0 Å². The Morgan fingerprint density at radius 1 is 1.10 bits per heavy atom. The molecule has 5 rings (SSSR count). The molecule has 0 aromatic heterocycles. The van der Waals surface area contributed by atoms with Crippen molar-refractivity contribution in [3.05, 3.63) is 29.8 Å². The fourth-order valence-corrected chi connectivity index (χ4v) is 5.19. The van der Waals surface area contributed by atoms with Crippen LogP contribution in [0.25, 0.3) is 0 Å². The highest BCUT2D eigenvalue weighted by Crippen LogP contribution is 2.43. The van der Waals surface area contributed by atoms with Gasteiger partial charge in [0.15, 0.2) is 0 Å². The van der Waals surface area contributed by atoms with Gasteiger partial charge in [-0.05, 0) is 51.2 Å². The summed E-state index contributed by atoms with van der Waals surface area (Å²) >= 11 is 0. The fourth-order valence-electron chi connectivity index (χ4n) is 5.19. The maximum atomic E-state index is 13.3. The molecule has 3 fully saturated rings. The highest BCUT2D eigenvalue weighted by Gasteiger charge is 2.53. The van der Waals surface area contributed by atoms with Gasteiger partial charge in [-0.3, -0.25) is 24.1 Å². The molecule has 0 spiro atoms. The predicted octanol–water partition coefficient (Wildman–Crippen LogP) is 1.50. The third-order valence-electron chi connectivity index (χ3n) is 7.15. The van der Waals surface area contributed by atoms with Crippen LogP contribution >= 0.6 is 0 Å². The normalized spacial score (nSPS) is 26.0. The van der Waals surface area contributed by atoms with Crippen LogP contribution in [0.2, 0.25) is 0 Å². The molecule has 1 unspecified atom stereocenters. The molecule has 4 aliphatic rings. The van der Waals surface area contributed by atoms with E-state index in [4.69, 9.17) is 0 Å². The van der Waals surface area contributed by atoms with Crippen LogP contribution in [-0.2, 0) is 14.4 Å². The smallest absolute Gasteiger partial charge is 0.258 e. The zero-order chi connectivity index (χ0) is 21.8. The van der Waals surface area contributed by atoms with Gasteiger partial charge in [0, 0.05) is 31.5 Å². The molecule has 1 aromatic carbocycles. The zero-order valence-electron chi connectivity index (χ0n) is 17.8. The summed E-state index contributed by atoms with van der Waals surface area (Å²) in [5, 5.41) is 3.05. The van der Waals surface area contributed by atoms with Crippen LogP contribution < -0.4 is 10.2 Å². The van der Waals surface area contributed by atoms with E-state index in [0.29, 0.717) is 37.2 Å². The number of piperidine rings is 1. The predicted molar refractivity (Wildman–Crippen MR) is 113 cm³/mol. The second-order valence-electron chi connectivity index (χ2n) is 9.30. The minimum absolute atomic E-state index is 0.00273. The minimum Gasteiger partial charge on any atom is -0.352 e. The van der Waals surface area contributed by atoms with Crippen molar-refractivity contribution in [1.82, 2.24) is 15.1 Å². The van der Waals surface area contributed by atoms with E-state index in [1.54, 1.807) is 28.0 Å². The monoisotopic (exact) mass is 424 g/mol. The Bertz CT molecular complexity index is 951. The van der Waals surface area contributed by atoms with Crippen molar-refractivity contribution < 1.29 is 19.2 Å². The first-order valence-electron chi connectivity index (χ1n) is 11.2. The number of rotatable bonds is 4. The van der Waals surface area contributed by atoms with Gasteiger partial charge in [0.05, 0.1) is 11.3 Å². The third kappa shape index (κ3) is 3.38. The van der Waals surface area contributed by atoms with Gasteiger partial charge in [-0.15, -0.1) is 0 Å². The SMILES string of the molecule is CC12CCC(=O)N1c1ccccc1C(=O)N2CC(=O)NC1CCN(C(=O)C2CC2)CC1. The second-order valence-corrected chi connectivity index (χ2v) is 9.30. The number of hydrogen-bond donors (Lipinski definition) is 1. The Kier molecular flexibility index (Phi) is 4.75. The molecule has 0 radical (unpaired) electrons. The molecule has 4 amide bonds. The van der Waals surface area contributed by atoms with Crippen molar-refractivity contribution >= 4 is 29.3 Å². The van der Waals surface area contributed by atoms with Crippen molar-refractivity contribution in [3.8, 4) is 0 Å². The topological polar surface area (TPSA) is 90.0 Å². The molecule has 2 saturated heterocycles. The van der Waals surface area contributed by atoms with Crippen LogP contribution in [0.1, 0.15) is 55.8 Å². The number of benzene rings is 1. The van der Waals surface area contributed by atoms with Crippen molar-refractivity contribution in [3.63, 3.8) is 0 Å². The molecule has 1 N–H and O–H groups in total. The quantitative estimate of drug-likeness (QED) is 0.793. The number of nitrogens with one attached hydrogen (secondary N) is 1. The third-order valence-corrected chi connectivity index (χ3v) is 7.15. The van der Waals surface area contributed by atoms with Crippen LogP contribution in [0.4, 0.5) is 5.69 Å². The molecule has 31 heavy (non-hydrogen) atoms. The Balaban J connectivity index is 1.26. The number of para-hydroxylation sites is 1. The number of amides is 4. The van der Waals surface area contributed by atoms with Gasteiger partial charge in [0.1, 0.15) is 12.2 Å². The number of hydrogen-bond acceptors (Lipinski definition) is 4. The average Bonchev–Trinajstić information content (AvgIpc) is 3.56. The maximum absolute atomic E-state index is 13.3. The van der Waals surface area contributed by atoms with Crippen molar-refractivity contribution in [1.29, 1.82) is 0 Å².